The Morgan fingerprint density at radius 1 is 1.19 bits per heavy atom. The third-order valence-electron chi connectivity index (χ3n) is 5.61. The number of rotatable bonds is 4. The van der Waals surface area contributed by atoms with E-state index >= 15 is 0 Å². The lowest BCUT2D eigenvalue weighted by atomic mass is 9.91. The maximum atomic E-state index is 12.9. The van der Waals surface area contributed by atoms with E-state index in [1.807, 2.05) is 0 Å². The van der Waals surface area contributed by atoms with Gasteiger partial charge in [0.05, 0.1) is 17.0 Å². The maximum absolute atomic E-state index is 12.9. The van der Waals surface area contributed by atoms with Gasteiger partial charge < -0.3 is 10.6 Å². The van der Waals surface area contributed by atoms with Crippen LogP contribution in [0, 0.1) is 5.92 Å². The van der Waals surface area contributed by atoms with E-state index in [-0.39, 0.29) is 17.6 Å². The zero-order chi connectivity index (χ0) is 22.2. The van der Waals surface area contributed by atoms with Crippen molar-refractivity contribution in [1.29, 1.82) is 0 Å². The summed E-state index contributed by atoms with van der Waals surface area (Å²) in [7, 11) is 0. The van der Waals surface area contributed by atoms with Crippen molar-refractivity contribution in [1.82, 2.24) is 10.3 Å². The first-order valence-corrected chi connectivity index (χ1v) is 10.1. The number of aliphatic imine (C=N–C) groups is 1. The number of pyridine rings is 1. The predicted octanol–water partition coefficient (Wildman–Crippen LogP) is 3.71. The van der Waals surface area contributed by atoms with Crippen LogP contribution in [0.25, 0.3) is 11.1 Å². The highest BCUT2D eigenvalue weighted by Gasteiger charge is 2.31. The van der Waals surface area contributed by atoms with Gasteiger partial charge in [0, 0.05) is 36.6 Å². The predicted molar refractivity (Wildman–Crippen MR) is 110 cm³/mol. The number of nitrogens with zero attached hydrogens (tertiary/aromatic N) is 2. The van der Waals surface area contributed by atoms with Crippen molar-refractivity contribution in [3.05, 3.63) is 47.2 Å². The van der Waals surface area contributed by atoms with E-state index in [9.17, 15) is 22.8 Å². The lowest BCUT2D eigenvalue weighted by Crippen LogP contribution is -2.39. The Labute approximate surface area is 177 Å². The highest BCUT2D eigenvalue weighted by atomic mass is 19.4. The van der Waals surface area contributed by atoms with Crippen molar-refractivity contribution in [3.8, 4) is 11.1 Å². The van der Waals surface area contributed by atoms with Crippen LogP contribution in [0.2, 0.25) is 0 Å². The molecule has 2 N–H and O–H groups in total. The van der Waals surface area contributed by atoms with Gasteiger partial charge in [-0.3, -0.25) is 14.6 Å². The summed E-state index contributed by atoms with van der Waals surface area (Å²) in [5.41, 5.74) is 1.13. The molecular formula is C22H21F3N4O2. The lowest BCUT2D eigenvalue weighted by molar-refractivity contribution is -0.137. The average Bonchev–Trinajstić information content (AvgIpc) is 2.75. The summed E-state index contributed by atoms with van der Waals surface area (Å²) >= 11 is 0. The van der Waals surface area contributed by atoms with Crippen LogP contribution in [0.5, 0.6) is 0 Å². The minimum absolute atomic E-state index is 0.0322. The number of benzene rings is 1. The van der Waals surface area contributed by atoms with Crippen molar-refractivity contribution < 1.29 is 22.8 Å². The number of ketones is 1. The van der Waals surface area contributed by atoms with E-state index in [1.165, 1.54) is 18.3 Å². The summed E-state index contributed by atoms with van der Waals surface area (Å²) in [6, 6.07) is 4.13. The standard InChI is InChI=1S/C22H21F3N4O2/c1-12-19(30)18-17(11-27-12)16(13-4-6-15(7-5-13)22(23,24)25)10-29-20(18)28-9-14-3-2-8-26-21(14)31/h4-7,10-12,14H,2-3,8-9H2,1H3,(H,26,31)(H,28,29). The second-order valence-corrected chi connectivity index (χ2v) is 7.71. The highest BCUT2D eigenvalue weighted by molar-refractivity contribution is 6.15. The smallest absolute Gasteiger partial charge is 0.369 e. The van der Waals surface area contributed by atoms with Crippen molar-refractivity contribution in [3.63, 3.8) is 0 Å². The van der Waals surface area contributed by atoms with Crippen LogP contribution >= 0.6 is 0 Å². The summed E-state index contributed by atoms with van der Waals surface area (Å²) < 4.78 is 38.7. The Bertz CT molecular complexity index is 1050. The minimum Gasteiger partial charge on any atom is -0.369 e. The average molecular weight is 430 g/mol. The number of Topliss-reactive ketones (excluding diaryl/α,β-unsaturated/α-hetero) is 1. The Morgan fingerprint density at radius 3 is 2.61 bits per heavy atom. The summed E-state index contributed by atoms with van der Waals surface area (Å²) in [6.45, 7) is 2.67. The van der Waals surface area contributed by atoms with E-state index < -0.39 is 17.8 Å². The molecule has 162 valence electrons. The first-order chi connectivity index (χ1) is 14.8. The van der Waals surface area contributed by atoms with Crippen LogP contribution in [-0.2, 0) is 11.0 Å². The van der Waals surface area contributed by atoms with Gasteiger partial charge >= 0.3 is 6.18 Å². The molecule has 1 saturated heterocycles. The van der Waals surface area contributed by atoms with Crippen LogP contribution in [0.15, 0.2) is 35.5 Å². The number of hydrogen-bond acceptors (Lipinski definition) is 5. The van der Waals surface area contributed by atoms with Crippen molar-refractivity contribution in [2.45, 2.75) is 32.0 Å². The molecule has 2 atom stereocenters. The van der Waals surface area contributed by atoms with Crippen molar-refractivity contribution in [2.24, 2.45) is 10.9 Å². The second-order valence-electron chi connectivity index (χ2n) is 7.71. The quantitative estimate of drug-likeness (QED) is 0.775. The number of aromatic nitrogens is 1. The lowest BCUT2D eigenvalue weighted by Gasteiger charge is -2.24. The number of alkyl halides is 3. The molecule has 0 saturated carbocycles. The van der Waals surface area contributed by atoms with Crippen LogP contribution in [0.4, 0.5) is 19.0 Å². The molecule has 2 aliphatic rings. The number of amides is 1. The molecule has 4 rings (SSSR count). The van der Waals surface area contributed by atoms with Crippen LogP contribution in [-0.4, -0.2) is 42.0 Å². The van der Waals surface area contributed by atoms with Crippen LogP contribution < -0.4 is 10.6 Å². The summed E-state index contributed by atoms with van der Waals surface area (Å²) in [4.78, 5) is 33.5. The van der Waals surface area contributed by atoms with Gasteiger partial charge in [0.2, 0.25) is 5.91 Å². The maximum Gasteiger partial charge on any atom is 0.416 e. The second kappa shape index (κ2) is 8.13. The molecule has 3 heterocycles. The first kappa shape index (κ1) is 21.0. The van der Waals surface area contributed by atoms with E-state index in [2.05, 4.69) is 20.6 Å². The zero-order valence-corrected chi connectivity index (χ0v) is 16.8. The number of fused-ring (bicyclic) bond motifs is 1. The monoisotopic (exact) mass is 430 g/mol. The normalized spacial score (nSPS) is 20.9. The molecule has 6 nitrogen and oxygen atoms in total. The van der Waals surface area contributed by atoms with Gasteiger partial charge in [-0.05, 0) is 37.5 Å². The number of halogens is 3. The van der Waals surface area contributed by atoms with E-state index in [1.54, 1.807) is 13.1 Å². The number of hydrogen-bond donors (Lipinski definition) is 2. The molecule has 1 fully saturated rings. The Hall–Kier alpha value is -3.23. The van der Waals surface area contributed by atoms with Gasteiger partial charge in [-0.1, -0.05) is 12.1 Å². The Kier molecular flexibility index (Phi) is 5.51. The van der Waals surface area contributed by atoms with Gasteiger partial charge in [-0.25, -0.2) is 4.98 Å². The summed E-state index contributed by atoms with van der Waals surface area (Å²) in [6.07, 6.45) is 0.284. The van der Waals surface area contributed by atoms with Crippen LogP contribution in [0.3, 0.4) is 0 Å². The molecule has 1 aromatic carbocycles. The van der Waals surface area contributed by atoms with Gasteiger partial charge in [0.25, 0.3) is 0 Å². The molecule has 9 heteroatoms. The van der Waals surface area contributed by atoms with E-state index in [4.69, 9.17) is 0 Å². The number of nitrogens with one attached hydrogen (secondary N) is 2. The number of piperidine rings is 1. The van der Waals surface area contributed by atoms with E-state index in [0.717, 1.165) is 25.0 Å². The molecular weight excluding hydrogens is 409 g/mol. The highest BCUT2D eigenvalue weighted by Crippen LogP contribution is 2.34. The minimum atomic E-state index is -4.43. The molecule has 0 aliphatic carbocycles. The third-order valence-corrected chi connectivity index (χ3v) is 5.61. The van der Waals surface area contributed by atoms with Gasteiger partial charge in [-0.15, -0.1) is 0 Å². The number of carbonyl (C=O) groups excluding carboxylic acids is 2. The molecule has 2 aliphatic heterocycles. The SMILES string of the molecule is CC1N=Cc2c(-c3ccc(C(F)(F)F)cc3)cnc(NCC3CCCNC3=O)c2C1=O. The molecule has 0 radical (unpaired) electrons. The largest absolute Gasteiger partial charge is 0.416 e. The van der Waals surface area contributed by atoms with Gasteiger partial charge in [0.1, 0.15) is 11.9 Å². The molecule has 1 aromatic heterocycles. The van der Waals surface area contributed by atoms with Gasteiger partial charge in [0.15, 0.2) is 5.78 Å². The Morgan fingerprint density at radius 2 is 1.94 bits per heavy atom. The zero-order valence-electron chi connectivity index (χ0n) is 16.8. The van der Waals surface area contributed by atoms with Crippen LogP contribution in [0.1, 0.15) is 41.3 Å². The fourth-order valence-corrected chi connectivity index (χ4v) is 3.82. The van der Waals surface area contributed by atoms with E-state index in [0.29, 0.717) is 41.2 Å². The molecule has 0 bridgehead atoms. The number of anilines is 1. The van der Waals surface area contributed by atoms with Crippen molar-refractivity contribution in [2.75, 3.05) is 18.4 Å². The summed E-state index contributed by atoms with van der Waals surface area (Å²) in [5.74, 6) is -0.123. The van der Waals surface area contributed by atoms with Gasteiger partial charge in [-0.2, -0.15) is 13.2 Å². The molecule has 1 amide bonds. The molecule has 31 heavy (non-hydrogen) atoms. The Balaban J connectivity index is 1.69. The van der Waals surface area contributed by atoms with Crippen molar-refractivity contribution >= 4 is 23.7 Å². The molecule has 2 aromatic rings. The summed E-state index contributed by atoms with van der Waals surface area (Å²) in [5, 5.41) is 5.95. The fraction of sp³-hybridized carbons (Fsp3) is 0.364. The molecule has 2 unspecified atom stereocenters. The third kappa shape index (κ3) is 4.17. The topological polar surface area (TPSA) is 83.4 Å². The molecule has 0 spiro atoms. The number of carbonyl (C=O) groups is 2. The fourth-order valence-electron chi connectivity index (χ4n) is 3.82. The first-order valence-electron chi connectivity index (χ1n) is 10.1.